The largest absolute Gasteiger partial charge is 0.369 e. The summed E-state index contributed by atoms with van der Waals surface area (Å²) in [5, 5.41) is 6.79. The Morgan fingerprint density at radius 1 is 1.15 bits per heavy atom. The maximum absolute atomic E-state index is 4.34. The maximum Gasteiger partial charge on any atom is 0.145 e. The van der Waals surface area contributed by atoms with Gasteiger partial charge in [0.2, 0.25) is 0 Å². The lowest BCUT2D eigenvalue weighted by molar-refractivity contribution is 0.300. The summed E-state index contributed by atoms with van der Waals surface area (Å²) in [6.45, 7) is 6.44. The Labute approximate surface area is 130 Å². The molecule has 1 aliphatic carbocycles. The number of hydrogen-bond acceptors (Lipinski definition) is 4. The van der Waals surface area contributed by atoms with E-state index < -0.39 is 0 Å². The van der Waals surface area contributed by atoms with Gasteiger partial charge in [0, 0.05) is 13.1 Å². The molecule has 2 rings (SSSR count). The van der Waals surface area contributed by atoms with Crippen molar-refractivity contribution in [3.8, 4) is 0 Å². The van der Waals surface area contributed by atoms with E-state index in [1.807, 2.05) is 0 Å². The van der Waals surface area contributed by atoms with Crippen molar-refractivity contribution in [2.24, 2.45) is 11.8 Å². The summed E-state index contributed by atoms with van der Waals surface area (Å²) in [7, 11) is 0. The number of anilines is 2. The van der Waals surface area contributed by atoms with Crippen LogP contribution in [0.4, 0.5) is 11.6 Å². The molecule has 0 unspecified atom stereocenters. The minimum Gasteiger partial charge on any atom is -0.369 e. The second-order valence-corrected chi connectivity index (χ2v) is 6.61. The van der Waals surface area contributed by atoms with Gasteiger partial charge in [0.15, 0.2) is 0 Å². The van der Waals surface area contributed by atoms with E-state index in [0.29, 0.717) is 0 Å². The van der Waals surface area contributed by atoms with Crippen LogP contribution in [0.3, 0.4) is 0 Å². The van der Waals surface area contributed by atoms with Crippen molar-refractivity contribution < 1.29 is 0 Å². The van der Waals surface area contributed by atoms with Gasteiger partial charge >= 0.3 is 0 Å². The van der Waals surface area contributed by atoms with Gasteiger partial charge in [0.1, 0.15) is 22.4 Å². The van der Waals surface area contributed by atoms with Crippen LogP contribution in [0.5, 0.6) is 0 Å². The van der Waals surface area contributed by atoms with Crippen molar-refractivity contribution >= 4 is 27.6 Å². The van der Waals surface area contributed by atoms with Crippen LogP contribution >= 0.6 is 15.9 Å². The number of halogens is 1. The van der Waals surface area contributed by atoms with Gasteiger partial charge in [-0.3, -0.25) is 0 Å². The Bertz CT molecular complexity index is 416. The molecule has 1 aromatic heterocycles. The predicted octanol–water partition coefficient (Wildman–Crippen LogP) is 4.30. The highest BCUT2D eigenvalue weighted by Gasteiger charge is 2.18. The van der Waals surface area contributed by atoms with Gasteiger partial charge in [0.25, 0.3) is 0 Å². The molecule has 112 valence electrons. The molecule has 5 heteroatoms. The highest BCUT2D eigenvalue weighted by Crippen LogP contribution is 2.30. The summed E-state index contributed by atoms with van der Waals surface area (Å²) in [6, 6.07) is 0. The third-order valence-electron chi connectivity index (χ3n) is 4.03. The monoisotopic (exact) mass is 340 g/mol. The van der Waals surface area contributed by atoms with E-state index in [-0.39, 0.29) is 0 Å². The van der Waals surface area contributed by atoms with Crippen molar-refractivity contribution in [2.45, 2.75) is 46.0 Å². The topological polar surface area (TPSA) is 49.8 Å². The molecule has 0 aromatic carbocycles. The van der Waals surface area contributed by atoms with Crippen LogP contribution in [0.2, 0.25) is 0 Å². The zero-order chi connectivity index (χ0) is 14.4. The van der Waals surface area contributed by atoms with Crippen LogP contribution in [0.1, 0.15) is 46.0 Å². The Morgan fingerprint density at radius 2 is 1.80 bits per heavy atom. The zero-order valence-corrected chi connectivity index (χ0v) is 14.0. The number of nitrogens with one attached hydrogen (secondary N) is 2. The van der Waals surface area contributed by atoms with Gasteiger partial charge in [-0.1, -0.05) is 26.7 Å². The van der Waals surface area contributed by atoms with Crippen molar-refractivity contribution in [2.75, 3.05) is 23.7 Å². The first-order valence-corrected chi connectivity index (χ1v) is 8.48. The van der Waals surface area contributed by atoms with E-state index in [9.17, 15) is 0 Å². The van der Waals surface area contributed by atoms with Crippen molar-refractivity contribution in [1.29, 1.82) is 0 Å². The molecule has 4 nitrogen and oxygen atoms in total. The fraction of sp³-hybridized carbons (Fsp3) is 0.733. The van der Waals surface area contributed by atoms with Crippen LogP contribution in [0.25, 0.3) is 0 Å². The Kier molecular flexibility index (Phi) is 6.07. The standard InChI is InChI=1S/C15H25BrN4/c1-3-8-17-14-13(16)15(20-10-19-14)18-9-12-6-4-11(2)5-7-12/h10-12H,3-9H2,1-2H3,(H2,17,18,19,20). The van der Waals surface area contributed by atoms with Gasteiger partial charge in [-0.15, -0.1) is 0 Å². The lowest BCUT2D eigenvalue weighted by Gasteiger charge is -2.26. The van der Waals surface area contributed by atoms with Crippen molar-refractivity contribution in [1.82, 2.24) is 9.97 Å². The normalized spacial score (nSPS) is 22.6. The molecule has 0 amide bonds. The Balaban J connectivity index is 1.89. The fourth-order valence-electron chi connectivity index (χ4n) is 2.63. The smallest absolute Gasteiger partial charge is 0.145 e. The first-order chi connectivity index (χ1) is 9.70. The summed E-state index contributed by atoms with van der Waals surface area (Å²) >= 11 is 3.60. The molecule has 1 aliphatic rings. The molecule has 0 radical (unpaired) electrons. The van der Waals surface area contributed by atoms with Crippen LogP contribution in [0.15, 0.2) is 10.8 Å². The number of rotatable bonds is 6. The second-order valence-electron chi connectivity index (χ2n) is 5.82. The number of hydrogen-bond donors (Lipinski definition) is 2. The second kappa shape index (κ2) is 7.81. The Morgan fingerprint density at radius 3 is 2.45 bits per heavy atom. The summed E-state index contributed by atoms with van der Waals surface area (Å²) in [4.78, 5) is 8.61. The van der Waals surface area contributed by atoms with Crippen LogP contribution in [-0.4, -0.2) is 23.1 Å². The molecule has 0 atom stereocenters. The maximum atomic E-state index is 4.34. The van der Waals surface area contributed by atoms with Crippen LogP contribution in [-0.2, 0) is 0 Å². The zero-order valence-electron chi connectivity index (χ0n) is 12.5. The van der Waals surface area contributed by atoms with Crippen molar-refractivity contribution in [3.63, 3.8) is 0 Å². The summed E-state index contributed by atoms with van der Waals surface area (Å²) in [5.74, 6) is 3.46. The van der Waals surface area contributed by atoms with Gasteiger partial charge < -0.3 is 10.6 Å². The van der Waals surface area contributed by atoms with E-state index in [2.05, 4.69) is 50.4 Å². The predicted molar refractivity (Wildman–Crippen MR) is 88.1 cm³/mol. The number of aromatic nitrogens is 2. The van der Waals surface area contributed by atoms with E-state index >= 15 is 0 Å². The lowest BCUT2D eigenvalue weighted by Crippen LogP contribution is -2.21. The number of nitrogens with zero attached hydrogens (tertiary/aromatic N) is 2. The van der Waals surface area contributed by atoms with Gasteiger partial charge in [-0.2, -0.15) is 0 Å². The van der Waals surface area contributed by atoms with Crippen molar-refractivity contribution in [3.05, 3.63) is 10.8 Å². The Hall–Kier alpha value is -0.840. The van der Waals surface area contributed by atoms with Gasteiger partial charge in [-0.05, 0) is 47.0 Å². The quantitative estimate of drug-likeness (QED) is 0.810. The summed E-state index contributed by atoms with van der Waals surface area (Å²) < 4.78 is 0.942. The molecular formula is C15H25BrN4. The summed E-state index contributed by atoms with van der Waals surface area (Å²) in [5.41, 5.74) is 0. The molecule has 1 fully saturated rings. The van der Waals surface area contributed by atoms with E-state index in [0.717, 1.165) is 47.5 Å². The molecule has 20 heavy (non-hydrogen) atoms. The molecule has 0 aliphatic heterocycles. The first kappa shape index (κ1) is 15.5. The molecular weight excluding hydrogens is 316 g/mol. The fourth-order valence-corrected chi connectivity index (χ4v) is 3.12. The molecule has 2 N–H and O–H groups in total. The third kappa shape index (κ3) is 4.33. The van der Waals surface area contributed by atoms with Gasteiger partial charge in [0.05, 0.1) is 0 Å². The first-order valence-electron chi connectivity index (χ1n) is 7.69. The average molecular weight is 341 g/mol. The average Bonchev–Trinajstić information content (AvgIpc) is 2.47. The highest BCUT2D eigenvalue weighted by atomic mass is 79.9. The van der Waals surface area contributed by atoms with E-state index in [4.69, 9.17) is 0 Å². The third-order valence-corrected chi connectivity index (χ3v) is 4.78. The molecule has 0 bridgehead atoms. The molecule has 0 saturated heterocycles. The highest BCUT2D eigenvalue weighted by molar-refractivity contribution is 9.10. The molecule has 1 saturated carbocycles. The molecule has 0 spiro atoms. The molecule has 1 aromatic rings. The minimum absolute atomic E-state index is 0.778. The molecule has 1 heterocycles. The SMILES string of the molecule is CCCNc1ncnc(NCC2CCC(C)CC2)c1Br. The minimum atomic E-state index is 0.778. The van der Waals surface area contributed by atoms with Crippen LogP contribution in [0, 0.1) is 11.8 Å². The van der Waals surface area contributed by atoms with E-state index in [1.54, 1.807) is 6.33 Å². The summed E-state index contributed by atoms with van der Waals surface area (Å²) in [6.07, 6.45) is 8.09. The van der Waals surface area contributed by atoms with E-state index in [1.165, 1.54) is 25.7 Å². The lowest BCUT2D eigenvalue weighted by atomic mass is 9.83. The van der Waals surface area contributed by atoms with Gasteiger partial charge in [-0.25, -0.2) is 9.97 Å². The van der Waals surface area contributed by atoms with Crippen LogP contribution < -0.4 is 10.6 Å².